The predicted molar refractivity (Wildman–Crippen MR) is 91.6 cm³/mol. The minimum Gasteiger partial charge on any atom is -0.475 e. The van der Waals surface area contributed by atoms with E-state index in [1.54, 1.807) is 30.5 Å². The number of aromatic nitrogens is 3. The lowest BCUT2D eigenvalue weighted by atomic mass is 10.2. The molecule has 0 radical (unpaired) electrons. The van der Waals surface area contributed by atoms with Crippen molar-refractivity contribution in [1.82, 2.24) is 14.5 Å². The number of nitrogens with zero attached hydrogens (tertiary/aromatic N) is 4. The van der Waals surface area contributed by atoms with Crippen molar-refractivity contribution in [3.8, 4) is 5.88 Å². The van der Waals surface area contributed by atoms with Crippen LogP contribution in [0.25, 0.3) is 10.9 Å². The highest BCUT2D eigenvalue weighted by molar-refractivity contribution is 6.11. The van der Waals surface area contributed by atoms with Crippen LogP contribution in [0.1, 0.15) is 10.4 Å². The first kappa shape index (κ1) is 16.2. The number of hydrogen-bond donors (Lipinski definition) is 1. The largest absolute Gasteiger partial charge is 0.475 e. The summed E-state index contributed by atoms with van der Waals surface area (Å²) in [7, 11) is 0. The molecule has 134 valence electrons. The van der Waals surface area contributed by atoms with E-state index in [1.807, 2.05) is 0 Å². The van der Waals surface area contributed by atoms with Gasteiger partial charge in [-0.2, -0.15) is 0 Å². The van der Waals surface area contributed by atoms with Crippen molar-refractivity contribution in [1.29, 1.82) is 0 Å². The molecule has 3 heterocycles. The molecule has 9 heteroatoms. The van der Waals surface area contributed by atoms with E-state index in [-0.39, 0.29) is 36.3 Å². The number of carbonyl (C=O) groups is 1. The molecule has 1 aliphatic heterocycles. The number of carbonyl (C=O) groups excluding carboxylic acids is 1. The van der Waals surface area contributed by atoms with Gasteiger partial charge in [-0.1, -0.05) is 0 Å². The van der Waals surface area contributed by atoms with Gasteiger partial charge in [0.25, 0.3) is 12.3 Å². The lowest BCUT2D eigenvalue weighted by molar-refractivity contribution is 0.0990. The van der Waals surface area contributed by atoms with Gasteiger partial charge in [0, 0.05) is 22.8 Å². The number of amides is 1. The van der Waals surface area contributed by atoms with Crippen LogP contribution in [-0.4, -0.2) is 40.0 Å². The topological polar surface area (TPSA) is 86.3 Å². The average molecular weight is 359 g/mol. The summed E-state index contributed by atoms with van der Waals surface area (Å²) in [6, 6.07) is 6.95. The standard InChI is InChI=1S/C17H15F2N5O2/c18-13(19)8-23-4-3-10-7-11(1-2-12(10)23)24-5-6-26-16-14(17(24)25)15(20)21-9-22-16/h1-4,7,9,13H,5-6,8H2,(H2,20,21,22). The fourth-order valence-corrected chi connectivity index (χ4v) is 3.07. The quantitative estimate of drug-likeness (QED) is 0.776. The Morgan fingerprint density at radius 2 is 2.12 bits per heavy atom. The fourth-order valence-electron chi connectivity index (χ4n) is 3.07. The fraction of sp³-hybridized carbons (Fsp3) is 0.235. The molecule has 2 N–H and O–H groups in total. The summed E-state index contributed by atoms with van der Waals surface area (Å²) >= 11 is 0. The Morgan fingerprint density at radius 3 is 2.92 bits per heavy atom. The van der Waals surface area contributed by atoms with Crippen molar-refractivity contribution in [3.05, 3.63) is 42.4 Å². The van der Waals surface area contributed by atoms with Crippen molar-refractivity contribution >= 4 is 28.3 Å². The Labute approximate surface area is 147 Å². The number of anilines is 2. The number of halogens is 2. The average Bonchev–Trinajstić information content (AvgIpc) is 2.90. The number of alkyl halides is 2. The van der Waals surface area contributed by atoms with E-state index < -0.39 is 6.43 Å². The smallest absolute Gasteiger partial charge is 0.267 e. The molecule has 1 aromatic carbocycles. The van der Waals surface area contributed by atoms with Gasteiger partial charge in [-0.05, 0) is 24.3 Å². The first-order valence-corrected chi connectivity index (χ1v) is 7.97. The molecule has 0 atom stereocenters. The van der Waals surface area contributed by atoms with Crippen LogP contribution >= 0.6 is 0 Å². The van der Waals surface area contributed by atoms with Crippen LogP contribution in [0, 0.1) is 0 Å². The molecular formula is C17H15F2N5O2. The first-order valence-electron chi connectivity index (χ1n) is 7.97. The zero-order chi connectivity index (χ0) is 18.3. The Balaban J connectivity index is 1.73. The monoisotopic (exact) mass is 359 g/mol. The van der Waals surface area contributed by atoms with Crippen molar-refractivity contribution in [2.24, 2.45) is 0 Å². The number of benzene rings is 1. The summed E-state index contributed by atoms with van der Waals surface area (Å²) in [4.78, 5) is 22.3. The molecule has 0 saturated heterocycles. The number of fused-ring (bicyclic) bond motifs is 2. The summed E-state index contributed by atoms with van der Waals surface area (Å²) < 4.78 is 32.3. The highest BCUT2D eigenvalue weighted by Crippen LogP contribution is 2.29. The van der Waals surface area contributed by atoms with E-state index >= 15 is 0 Å². The van der Waals surface area contributed by atoms with Crippen molar-refractivity contribution in [3.63, 3.8) is 0 Å². The zero-order valence-electron chi connectivity index (χ0n) is 13.6. The van der Waals surface area contributed by atoms with Crippen LogP contribution in [0.15, 0.2) is 36.8 Å². The van der Waals surface area contributed by atoms with E-state index in [9.17, 15) is 13.6 Å². The van der Waals surface area contributed by atoms with E-state index in [1.165, 1.54) is 15.8 Å². The number of nitrogens with two attached hydrogens (primary N) is 1. The summed E-state index contributed by atoms with van der Waals surface area (Å²) in [6.45, 7) is 0.179. The molecule has 0 unspecified atom stereocenters. The summed E-state index contributed by atoms with van der Waals surface area (Å²) in [6.07, 6.45) is 0.415. The highest BCUT2D eigenvalue weighted by Gasteiger charge is 2.28. The van der Waals surface area contributed by atoms with E-state index in [4.69, 9.17) is 10.5 Å². The van der Waals surface area contributed by atoms with Crippen LogP contribution in [0.2, 0.25) is 0 Å². The second kappa shape index (κ2) is 6.25. The van der Waals surface area contributed by atoms with Gasteiger partial charge in [-0.15, -0.1) is 0 Å². The number of hydrogen-bond acceptors (Lipinski definition) is 5. The minimum absolute atomic E-state index is 0.0519. The molecule has 0 aliphatic carbocycles. The summed E-state index contributed by atoms with van der Waals surface area (Å²) in [5.41, 5.74) is 7.25. The molecule has 4 rings (SSSR count). The SMILES string of the molecule is Nc1ncnc2c1C(=O)N(c1ccc3c(ccn3CC(F)F)c1)CCO2. The second-order valence-corrected chi connectivity index (χ2v) is 5.85. The van der Waals surface area contributed by atoms with Crippen LogP contribution in [0.5, 0.6) is 5.88 Å². The Morgan fingerprint density at radius 1 is 1.27 bits per heavy atom. The summed E-state index contributed by atoms with van der Waals surface area (Å²) in [5, 5.41) is 0.763. The Bertz CT molecular complexity index is 988. The van der Waals surface area contributed by atoms with Gasteiger partial charge >= 0.3 is 0 Å². The number of ether oxygens (including phenoxy) is 1. The third kappa shape index (κ3) is 2.71. The lowest BCUT2D eigenvalue weighted by Crippen LogP contribution is -2.32. The van der Waals surface area contributed by atoms with Crippen molar-refractivity contribution in [2.75, 3.05) is 23.8 Å². The number of nitrogen functional groups attached to an aromatic ring is 1. The molecule has 0 spiro atoms. The van der Waals surface area contributed by atoms with E-state index in [0.29, 0.717) is 17.7 Å². The van der Waals surface area contributed by atoms with Gasteiger partial charge in [-0.25, -0.2) is 18.7 Å². The summed E-state index contributed by atoms with van der Waals surface area (Å²) in [5.74, 6) is -0.146. The zero-order valence-corrected chi connectivity index (χ0v) is 13.6. The van der Waals surface area contributed by atoms with Crippen LogP contribution in [-0.2, 0) is 6.54 Å². The first-order chi connectivity index (χ1) is 12.5. The lowest BCUT2D eigenvalue weighted by Gasteiger charge is -2.20. The maximum atomic E-state index is 12.9. The number of rotatable bonds is 3. The van der Waals surface area contributed by atoms with E-state index in [2.05, 4.69) is 9.97 Å². The van der Waals surface area contributed by atoms with Gasteiger partial charge < -0.3 is 19.9 Å². The molecule has 7 nitrogen and oxygen atoms in total. The van der Waals surface area contributed by atoms with Crippen LogP contribution in [0.3, 0.4) is 0 Å². The molecule has 1 aliphatic rings. The van der Waals surface area contributed by atoms with Crippen molar-refractivity contribution < 1.29 is 18.3 Å². The minimum atomic E-state index is -2.44. The maximum Gasteiger partial charge on any atom is 0.267 e. The maximum absolute atomic E-state index is 12.9. The van der Waals surface area contributed by atoms with Gasteiger partial charge in [0.2, 0.25) is 5.88 Å². The molecule has 0 saturated carbocycles. The second-order valence-electron chi connectivity index (χ2n) is 5.85. The Kier molecular flexibility index (Phi) is 3.90. The van der Waals surface area contributed by atoms with Gasteiger partial charge in [0.1, 0.15) is 24.3 Å². The highest BCUT2D eigenvalue weighted by atomic mass is 19.3. The molecule has 0 bridgehead atoms. The molecule has 3 aromatic rings. The molecular weight excluding hydrogens is 344 g/mol. The third-order valence-corrected chi connectivity index (χ3v) is 4.26. The predicted octanol–water partition coefficient (Wildman–Crippen LogP) is 2.32. The third-order valence-electron chi connectivity index (χ3n) is 4.26. The van der Waals surface area contributed by atoms with E-state index in [0.717, 1.165) is 5.39 Å². The molecule has 2 aromatic heterocycles. The Hall–Kier alpha value is -3.23. The van der Waals surface area contributed by atoms with Crippen LogP contribution in [0.4, 0.5) is 20.3 Å². The normalized spacial score (nSPS) is 14.4. The van der Waals surface area contributed by atoms with Gasteiger partial charge in [0.15, 0.2) is 0 Å². The molecule has 26 heavy (non-hydrogen) atoms. The molecule has 0 fully saturated rings. The molecule has 1 amide bonds. The van der Waals surface area contributed by atoms with Crippen molar-refractivity contribution in [2.45, 2.75) is 13.0 Å². The van der Waals surface area contributed by atoms with Crippen LogP contribution < -0.4 is 15.4 Å². The van der Waals surface area contributed by atoms with Gasteiger partial charge in [0.05, 0.1) is 13.1 Å². The van der Waals surface area contributed by atoms with Gasteiger partial charge in [-0.3, -0.25) is 4.79 Å².